The molecule has 0 radical (unpaired) electrons. The van der Waals surface area contributed by atoms with Crippen LogP contribution in [0, 0.1) is 11.8 Å². The molecule has 2 aromatic heterocycles. The summed E-state index contributed by atoms with van der Waals surface area (Å²) in [6, 6.07) is 9.28. The minimum Gasteiger partial charge on any atom is -0.458 e. The van der Waals surface area contributed by atoms with Gasteiger partial charge in [-0.2, -0.15) is 0 Å². The van der Waals surface area contributed by atoms with E-state index in [-0.39, 0.29) is 48.7 Å². The fourth-order valence-electron chi connectivity index (χ4n) is 4.66. The third-order valence-electron chi connectivity index (χ3n) is 6.57. The van der Waals surface area contributed by atoms with Crippen molar-refractivity contribution in [2.45, 2.75) is 38.5 Å². The Balaban J connectivity index is 1.65. The van der Waals surface area contributed by atoms with Gasteiger partial charge in [0.25, 0.3) is 5.56 Å². The van der Waals surface area contributed by atoms with Gasteiger partial charge in [0, 0.05) is 35.0 Å². The highest BCUT2D eigenvalue weighted by Gasteiger charge is 2.45. The monoisotopic (exact) mass is 472 g/mol. The number of hydrogen-bond donors (Lipinski definition) is 3. The number of para-hydroxylation sites is 1. The second-order valence-electron chi connectivity index (χ2n) is 8.54. The number of carbonyl (C=O) groups excluding carboxylic acids is 2. The number of nitrogens with zero attached hydrogens (tertiary/aromatic N) is 2. The minimum absolute atomic E-state index is 0.0727. The molecule has 0 saturated carbocycles. The van der Waals surface area contributed by atoms with Crippen LogP contribution < -0.4 is 16.6 Å². The van der Waals surface area contributed by atoms with Crippen molar-refractivity contribution in [3.05, 3.63) is 62.9 Å². The number of rotatable bonds is 4. The first-order valence-corrected chi connectivity index (χ1v) is 11.4. The van der Waals surface area contributed by atoms with Crippen LogP contribution in [0.5, 0.6) is 0 Å². The number of esters is 1. The van der Waals surface area contributed by atoms with Crippen molar-refractivity contribution < 1.29 is 19.4 Å². The molecule has 4 heterocycles. The zero-order valence-electron chi connectivity index (χ0n) is 19.2. The average Bonchev–Trinajstić information content (AvgIpc) is 3.24. The number of benzene rings is 1. The number of carbonyl (C=O) groups is 2. The molecular weight excluding hydrogens is 448 g/mol. The fourth-order valence-corrected chi connectivity index (χ4v) is 4.66. The number of amides is 1. The number of fused-ring (bicyclic) bond motifs is 5. The van der Waals surface area contributed by atoms with Gasteiger partial charge >= 0.3 is 5.97 Å². The van der Waals surface area contributed by atoms with Crippen LogP contribution in [-0.4, -0.2) is 39.6 Å². The van der Waals surface area contributed by atoms with E-state index in [2.05, 4.69) is 17.2 Å². The van der Waals surface area contributed by atoms with Crippen LogP contribution in [0.3, 0.4) is 0 Å². The van der Waals surface area contributed by atoms with Crippen molar-refractivity contribution in [2.75, 3.05) is 13.1 Å². The number of hydrogen-bond acceptors (Lipinski definition) is 7. The highest BCUT2D eigenvalue weighted by atomic mass is 16.6. The van der Waals surface area contributed by atoms with E-state index in [1.807, 2.05) is 24.3 Å². The predicted octanol–water partition coefficient (Wildman–Crippen LogP) is 0.896. The quantitative estimate of drug-likeness (QED) is 0.228. The Morgan fingerprint density at radius 3 is 2.89 bits per heavy atom. The molecule has 0 spiro atoms. The van der Waals surface area contributed by atoms with Gasteiger partial charge in [-0.15, -0.1) is 0 Å². The molecule has 0 aliphatic carbocycles. The zero-order valence-corrected chi connectivity index (χ0v) is 19.2. The molecule has 1 atom stereocenters. The molecule has 1 aromatic carbocycles. The lowest BCUT2D eigenvalue weighted by Crippen LogP contribution is -2.44. The van der Waals surface area contributed by atoms with Crippen LogP contribution in [0.1, 0.15) is 42.0 Å². The van der Waals surface area contributed by atoms with Crippen LogP contribution in [-0.2, 0) is 33.1 Å². The third-order valence-corrected chi connectivity index (χ3v) is 6.57. The van der Waals surface area contributed by atoms with Crippen LogP contribution in [0.4, 0.5) is 0 Å². The van der Waals surface area contributed by atoms with E-state index in [0.29, 0.717) is 24.4 Å². The van der Waals surface area contributed by atoms with Gasteiger partial charge in [-0.3, -0.25) is 9.59 Å². The number of ether oxygens (including phenoxy) is 1. The largest absolute Gasteiger partial charge is 0.458 e. The van der Waals surface area contributed by atoms with Crippen molar-refractivity contribution in [3.63, 3.8) is 0 Å². The lowest BCUT2D eigenvalue weighted by molar-refractivity contribution is -0.172. The molecule has 178 valence electrons. The molecule has 0 unspecified atom stereocenters. The minimum atomic E-state index is -1.88. The van der Waals surface area contributed by atoms with Crippen LogP contribution in [0.2, 0.25) is 0 Å². The standard InChI is InChI=1S/C26H24N4O5/c1-2-26(34)19-11-21-23-17(13-30(21)24(32)18(19)14-35-25(26)33)15(7-5-6-10-28-22(31)12-27)16-8-3-4-9-20(16)29-23/h3-4,8-9,11,34H,2,6,10,12-14,27H2,1H3,(H,28,31)/t26-/m0/s1. The lowest BCUT2D eigenvalue weighted by atomic mass is 9.86. The Kier molecular flexibility index (Phi) is 5.63. The molecule has 0 bridgehead atoms. The third kappa shape index (κ3) is 3.58. The first kappa shape index (κ1) is 22.8. The van der Waals surface area contributed by atoms with E-state index in [4.69, 9.17) is 15.5 Å². The summed E-state index contributed by atoms with van der Waals surface area (Å²) in [5.41, 5.74) is 7.08. The van der Waals surface area contributed by atoms with Gasteiger partial charge in [0.2, 0.25) is 5.91 Å². The maximum Gasteiger partial charge on any atom is 0.343 e. The summed E-state index contributed by atoms with van der Waals surface area (Å²) in [4.78, 5) is 42.0. The molecule has 3 aromatic rings. The summed E-state index contributed by atoms with van der Waals surface area (Å²) < 4.78 is 6.73. The van der Waals surface area contributed by atoms with Crippen molar-refractivity contribution in [2.24, 2.45) is 5.73 Å². The Morgan fingerprint density at radius 1 is 1.31 bits per heavy atom. The lowest BCUT2D eigenvalue weighted by Gasteiger charge is -2.31. The van der Waals surface area contributed by atoms with Gasteiger partial charge < -0.3 is 25.5 Å². The molecule has 1 amide bonds. The SMILES string of the molecule is CC[C@@]1(O)C(=O)OCc2c1cc1n(c2=O)Cc2c-1nc1ccccc1c2C#CCCNC(=O)CN. The van der Waals surface area contributed by atoms with E-state index in [1.165, 1.54) is 0 Å². The fraction of sp³-hybridized carbons (Fsp3) is 0.308. The summed E-state index contributed by atoms with van der Waals surface area (Å²) in [5.74, 6) is 5.33. The van der Waals surface area contributed by atoms with Gasteiger partial charge in [-0.05, 0) is 18.6 Å². The average molecular weight is 473 g/mol. The van der Waals surface area contributed by atoms with Gasteiger partial charge in [0.05, 0.1) is 35.6 Å². The van der Waals surface area contributed by atoms with Crippen molar-refractivity contribution in [1.29, 1.82) is 0 Å². The molecule has 2 aliphatic rings. The Hall–Kier alpha value is -4.00. The summed E-state index contributed by atoms with van der Waals surface area (Å²) in [6.07, 6.45) is 0.512. The Bertz CT molecular complexity index is 1510. The maximum atomic E-state index is 13.4. The van der Waals surface area contributed by atoms with E-state index in [0.717, 1.165) is 22.0 Å². The van der Waals surface area contributed by atoms with Crippen molar-refractivity contribution in [1.82, 2.24) is 14.9 Å². The maximum absolute atomic E-state index is 13.4. The molecule has 0 saturated heterocycles. The Morgan fingerprint density at radius 2 is 2.11 bits per heavy atom. The van der Waals surface area contributed by atoms with E-state index < -0.39 is 11.6 Å². The number of aromatic nitrogens is 2. The summed E-state index contributed by atoms with van der Waals surface area (Å²) >= 11 is 0. The summed E-state index contributed by atoms with van der Waals surface area (Å²) in [6.45, 7) is 2.06. The van der Waals surface area contributed by atoms with Crippen LogP contribution >= 0.6 is 0 Å². The van der Waals surface area contributed by atoms with Crippen molar-refractivity contribution >= 4 is 22.8 Å². The van der Waals surface area contributed by atoms with E-state index >= 15 is 0 Å². The van der Waals surface area contributed by atoms with E-state index in [1.54, 1.807) is 17.6 Å². The number of nitrogens with two attached hydrogens (primary N) is 1. The van der Waals surface area contributed by atoms with Crippen LogP contribution in [0.15, 0.2) is 35.1 Å². The first-order valence-electron chi connectivity index (χ1n) is 11.4. The highest BCUT2D eigenvalue weighted by molar-refractivity contribution is 5.91. The number of nitrogens with one attached hydrogen (secondary N) is 1. The number of aliphatic hydroxyl groups is 1. The number of cyclic esters (lactones) is 1. The van der Waals surface area contributed by atoms with Crippen molar-refractivity contribution in [3.8, 4) is 23.2 Å². The van der Waals surface area contributed by atoms with Gasteiger partial charge in [0.1, 0.15) is 6.61 Å². The van der Waals surface area contributed by atoms with Crippen LogP contribution in [0.25, 0.3) is 22.3 Å². The second kappa shape index (κ2) is 8.65. The van der Waals surface area contributed by atoms with E-state index in [9.17, 15) is 19.5 Å². The predicted molar refractivity (Wildman–Crippen MR) is 128 cm³/mol. The normalized spacial score (nSPS) is 17.6. The highest BCUT2D eigenvalue weighted by Crippen LogP contribution is 2.39. The molecule has 2 aliphatic heterocycles. The Labute approximate surface area is 200 Å². The molecule has 9 heteroatoms. The zero-order chi connectivity index (χ0) is 24.7. The molecule has 5 rings (SSSR count). The first-order chi connectivity index (χ1) is 16.9. The molecule has 9 nitrogen and oxygen atoms in total. The smallest absolute Gasteiger partial charge is 0.343 e. The molecule has 4 N–H and O–H groups in total. The summed E-state index contributed by atoms with van der Waals surface area (Å²) in [5, 5.41) is 14.6. The molecular formula is C26H24N4O5. The molecule has 35 heavy (non-hydrogen) atoms. The van der Waals surface area contributed by atoms with Gasteiger partial charge in [0.15, 0.2) is 5.60 Å². The van der Waals surface area contributed by atoms with Gasteiger partial charge in [-0.1, -0.05) is 37.0 Å². The molecule has 0 fully saturated rings. The topological polar surface area (TPSA) is 137 Å². The number of pyridine rings is 2. The second-order valence-corrected chi connectivity index (χ2v) is 8.54. The van der Waals surface area contributed by atoms with Gasteiger partial charge in [-0.25, -0.2) is 9.78 Å². The summed E-state index contributed by atoms with van der Waals surface area (Å²) in [7, 11) is 0.